The second kappa shape index (κ2) is 10.2. The molecular formula is C25H30F2N4O3S. The van der Waals surface area contributed by atoms with Crippen molar-refractivity contribution in [2.45, 2.75) is 64.0 Å². The first-order valence-corrected chi connectivity index (χ1v) is 13.0. The smallest absolute Gasteiger partial charge is 0.307 e. The number of nitrogens with one attached hydrogen (secondary N) is 1. The number of amides is 1. The number of thiazole rings is 1. The van der Waals surface area contributed by atoms with Gasteiger partial charge in [-0.05, 0) is 63.1 Å². The van der Waals surface area contributed by atoms with Gasteiger partial charge in [-0.25, -0.2) is 18.7 Å². The van der Waals surface area contributed by atoms with E-state index in [1.807, 2.05) is 24.3 Å². The lowest BCUT2D eigenvalue weighted by atomic mass is 9.84. The first-order valence-electron chi connectivity index (χ1n) is 12.2. The van der Waals surface area contributed by atoms with Gasteiger partial charge < -0.3 is 14.5 Å². The summed E-state index contributed by atoms with van der Waals surface area (Å²) in [7, 11) is 0. The van der Waals surface area contributed by atoms with Crippen LogP contribution in [0.3, 0.4) is 0 Å². The lowest BCUT2D eigenvalue weighted by Gasteiger charge is -2.31. The number of carbonyl (C=O) groups is 1. The summed E-state index contributed by atoms with van der Waals surface area (Å²) in [4.78, 5) is 24.8. The van der Waals surface area contributed by atoms with Gasteiger partial charge in [-0.2, -0.15) is 0 Å². The van der Waals surface area contributed by atoms with E-state index in [1.165, 1.54) is 11.3 Å². The van der Waals surface area contributed by atoms with Gasteiger partial charge in [-0.1, -0.05) is 23.5 Å². The maximum absolute atomic E-state index is 13.1. The number of fused-ring (bicyclic) bond motifs is 2. The quantitative estimate of drug-likeness (QED) is 0.462. The summed E-state index contributed by atoms with van der Waals surface area (Å²) in [6.45, 7) is 2.90. The number of para-hydroxylation sites is 2. The van der Waals surface area contributed by atoms with Gasteiger partial charge in [0.05, 0.1) is 5.69 Å². The van der Waals surface area contributed by atoms with Crippen LogP contribution >= 0.6 is 11.3 Å². The number of carbonyl (C=O) groups excluding carboxylic acids is 1. The van der Waals surface area contributed by atoms with E-state index in [2.05, 4.69) is 20.2 Å². The third-order valence-electron chi connectivity index (χ3n) is 6.76. The van der Waals surface area contributed by atoms with E-state index in [9.17, 15) is 13.6 Å². The Hall–Kier alpha value is -2.59. The molecule has 1 N–H and O–H groups in total. The molecule has 1 fully saturated rings. The standard InChI is InChI=1S/C25H30F2N4O3S/c1-25(26,27)15-33-24-30-19-14-31(13-11-21(19)35-24)12-10-16-6-8-17(9-7-16)28-22(32)23-29-18-4-2-3-5-20(18)34-23/h2-5,16-17H,6-15H2,1H3,(H,28,32). The molecule has 2 aliphatic rings. The molecule has 0 radical (unpaired) electrons. The van der Waals surface area contributed by atoms with Gasteiger partial charge >= 0.3 is 5.91 Å². The van der Waals surface area contributed by atoms with Crippen molar-refractivity contribution in [1.82, 2.24) is 20.2 Å². The van der Waals surface area contributed by atoms with Gasteiger partial charge in [0, 0.05) is 30.9 Å². The number of ether oxygens (including phenoxy) is 1. The van der Waals surface area contributed by atoms with E-state index in [-0.39, 0.29) is 17.8 Å². The van der Waals surface area contributed by atoms with Crippen molar-refractivity contribution in [2.75, 3.05) is 19.7 Å². The molecule has 1 aliphatic heterocycles. The van der Waals surface area contributed by atoms with Crippen LogP contribution in [0.1, 0.15) is 60.3 Å². The molecule has 7 nitrogen and oxygen atoms in total. The van der Waals surface area contributed by atoms with E-state index in [0.29, 0.717) is 22.2 Å². The minimum absolute atomic E-state index is 0.122. The van der Waals surface area contributed by atoms with E-state index in [1.54, 1.807) is 0 Å². The number of alkyl halides is 2. The molecule has 0 atom stereocenters. The molecule has 188 valence electrons. The number of benzene rings is 1. The van der Waals surface area contributed by atoms with Crippen LogP contribution in [0, 0.1) is 5.92 Å². The molecular weight excluding hydrogens is 474 g/mol. The Kier molecular flexibility index (Phi) is 7.02. The highest BCUT2D eigenvalue weighted by Gasteiger charge is 2.27. The average molecular weight is 505 g/mol. The van der Waals surface area contributed by atoms with Gasteiger partial charge in [-0.3, -0.25) is 9.69 Å². The Morgan fingerprint density at radius 2 is 2.06 bits per heavy atom. The number of hydrogen-bond donors (Lipinski definition) is 1. The highest BCUT2D eigenvalue weighted by Crippen LogP contribution is 2.32. The van der Waals surface area contributed by atoms with Crippen molar-refractivity contribution in [1.29, 1.82) is 0 Å². The molecule has 5 rings (SSSR count). The number of hydrogen-bond acceptors (Lipinski definition) is 7. The molecule has 1 amide bonds. The average Bonchev–Trinajstić information content (AvgIpc) is 3.45. The summed E-state index contributed by atoms with van der Waals surface area (Å²) in [5.74, 6) is -2.35. The van der Waals surface area contributed by atoms with E-state index >= 15 is 0 Å². The maximum atomic E-state index is 13.1. The Bertz CT molecular complexity index is 1130. The zero-order valence-corrected chi connectivity index (χ0v) is 20.6. The van der Waals surface area contributed by atoms with E-state index in [0.717, 1.165) is 75.7 Å². The molecule has 0 saturated heterocycles. The van der Waals surface area contributed by atoms with Crippen LogP contribution in [0.4, 0.5) is 8.78 Å². The van der Waals surface area contributed by atoms with Crippen molar-refractivity contribution in [3.8, 4) is 5.19 Å². The van der Waals surface area contributed by atoms with Crippen LogP contribution in [-0.2, 0) is 13.0 Å². The van der Waals surface area contributed by atoms with Crippen LogP contribution in [0.5, 0.6) is 5.19 Å². The van der Waals surface area contributed by atoms with Gasteiger partial charge in [0.15, 0.2) is 12.2 Å². The fraction of sp³-hybridized carbons (Fsp3) is 0.560. The number of nitrogens with zero attached hydrogens (tertiary/aromatic N) is 3. The van der Waals surface area contributed by atoms with Crippen molar-refractivity contribution in [3.63, 3.8) is 0 Å². The number of aromatic nitrogens is 2. The molecule has 0 bridgehead atoms. The highest BCUT2D eigenvalue weighted by molar-refractivity contribution is 7.13. The number of halogens is 2. The van der Waals surface area contributed by atoms with Crippen LogP contribution in [0.15, 0.2) is 28.7 Å². The Morgan fingerprint density at radius 3 is 2.83 bits per heavy atom. The van der Waals surface area contributed by atoms with Crippen LogP contribution in [0.25, 0.3) is 11.1 Å². The minimum atomic E-state index is -2.86. The Balaban J connectivity index is 1.04. The molecule has 3 aromatic rings. The second-order valence-corrected chi connectivity index (χ2v) is 10.7. The molecule has 3 heterocycles. The summed E-state index contributed by atoms with van der Waals surface area (Å²) >= 11 is 1.39. The zero-order valence-electron chi connectivity index (χ0n) is 19.8. The molecule has 10 heteroatoms. The third-order valence-corrected chi connectivity index (χ3v) is 7.83. The minimum Gasteiger partial charge on any atom is -0.464 e. The lowest BCUT2D eigenvalue weighted by Crippen LogP contribution is -2.38. The van der Waals surface area contributed by atoms with Crippen molar-refractivity contribution >= 4 is 28.3 Å². The summed E-state index contributed by atoms with van der Waals surface area (Å²) in [6.07, 6.45) is 6.06. The van der Waals surface area contributed by atoms with Crippen molar-refractivity contribution < 1.29 is 22.7 Å². The van der Waals surface area contributed by atoms with Gasteiger partial charge in [0.1, 0.15) is 5.52 Å². The van der Waals surface area contributed by atoms with Gasteiger partial charge in [0.2, 0.25) is 0 Å². The van der Waals surface area contributed by atoms with Crippen molar-refractivity contribution in [2.24, 2.45) is 5.92 Å². The first kappa shape index (κ1) is 24.1. The molecule has 35 heavy (non-hydrogen) atoms. The van der Waals surface area contributed by atoms with Crippen LogP contribution in [-0.4, -0.2) is 52.4 Å². The predicted molar refractivity (Wildman–Crippen MR) is 129 cm³/mol. The zero-order chi connectivity index (χ0) is 24.4. The summed E-state index contributed by atoms with van der Waals surface area (Å²) in [5, 5.41) is 3.43. The molecule has 1 aliphatic carbocycles. The fourth-order valence-corrected chi connectivity index (χ4v) is 5.75. The largest absolute Gasteiger partial charge is 0.464 e. The summed E-state index contributed by atoms with van der Waals surface area (Å²) in [5.41, 5.74) is 2.27. The first-order chi connectivity index (χ1) is 16.8. The summed E-state index contributed by atoms with van der Waals surface area (Å²) < 4.78 is 36.9. The number of oxazole rings is 1. The monoisotopic (exact) mass is 504 g/mol. The lowest BCUT2D eigenvalue weighted by molar-refractivity contribution is -0.0230. The Labute approximate surface area is 206 Å². The normalized spacial score (nSPS) is 21.1. The summed E-state index contributed by atoms with van der Waals surface area (Å²) in [6, 6.07) is 7.52. The maximum Gasteiger partial charge on any atom is 0.307 e. The topological polar surface area (TPSA) is 80.5 Å². The molecule has 0 unspecified atom stereocenters. The second-order valence-electron chi connectivity index (χ2n) is 9.70. The Morgan fingerprint density at radius 1 is 1.26 bits per heavy atom. The third kappa shape index (κ3) is 6.16. The van der Waals surface area contributed by atoms with Crippen LogP contribution in [0.2, 0.25) is 0 Å². The van der Waals surface area contributed by atoms with Gasteiger partial charge in [-0.15, -0.1) is 0 Å². The van der Waals surface area contributed by atoms with E-state index < -0.39 is 12.5 Å². The fourth-order valence-electron chi connectivity index (χ4n) is 4.85. The van der Waals surface area contributed by atoms with Gasteiger partial charge in [0.25, 0.3) is 17.0 Å². The molecule has 1 saturated carbocycles. The molecule has 1 aromatic carbocycles. The van der Waals surface area contributed by atoms with Crippen molar-refractivity contribution in [3.05, 3.63) is 40.7 Å². The number of rotatable bonds is 8. The predicted octanol–water partition coefficient (Wildman–Crippen LogP) is 5.06. The SMILES string of the molecule is CC(F)(F)COc1nc2c(s1)CCN(CCC1CCC(NC(=O)c3nc4ccccc4o3)CC1)C2. The van der Waals surface area contributed by atoms with Crippen LogP contribution < -0.4 is 10.1 Å². The molecule has 0 spiro atoms. The highest BCUT2D eigenvalue weighted by atomic mass is 32.1. The molecule has 2 aromatic heterocycles. The van der Waals surface area contributed by atoms with E-state index in [4.69, 9.17) is 9.15 Å².